The number of fused-ring (bicyclic) bond motifs is 2. The fraction of sp³-hybridized carbons (Fsp3) is 0.0909. The zero-order valence-corrected chi connectivity index (χ0v) is 15.8. The first-order valence-electron chi connectivity index (χ1n) is 8.43. The van der Waals surface area contributed by atoms with Gasteiger partial charge in [-0.05, 0) is 50.9 Å². The van der Waals surface area contributed by atoms with E-state index in [0.717, 1.165) is 26.4 Å². The van der Waals surface area contributed by atoms with Crippen LogP contribution in [-0.4, -0.2) is 16.9 Å². The SMILES string of the molecule is O=C(O)C(C(=O)Cc1ccc2ccccc2c1)c1csc2ccc(Cl)cc12. The molecule has 0 fully saturated rings. The zero-order valence-electron chi connectivity index (χ0n) is 14.2. The molecule has 3 aromatic carbocycles. The number of hydrogen-bond acceptors (Lipinski definition) is 3. The monoisotopic (exact) mass is 394 g/mol. The van der Waals surface area contributed by atoms with E-state index in [4.69, 9.17) is 11.6 Å². The van der Waals surface area contributed by atoms with Crippen LogP contribution in [0.3, 0.4) is 0 Å². The Bertz CT molecular complexity index is 1180. The molecule has 134 valence electrons. The Hall–Kier alpha value is -2.69. The van der Waals surface area contributed by atoms with Gasteiger partial charge < -0.3 is 5.11 Å². The molecular formula is C22H15ClO3S. The zero-order chi connectivity index (χ0) is 19.0. The van der Waals surface area contributed by atoms with Crippen LogP contribution in [0.25, 0.3) is 20.9 Å². The molecule has 5 heteroatoms. The molecule has 0 saturated carbocycles. The van der Waals surface area contributed by atoms with E-state index in [1.165, 1.54) is 11.3 Å². The molecule has 0 bridgehead atoms. The standard InChI is InChI=1S/C22H15ClO3S/c23-16-7-8-20-17(11-16)18(12-27-20)21(22(25)26)19(24)10-13-5-6-14-3-1-2-4-15(14)9-13/h1-9,11-12,21H,10H2,(H,25,26). The average Bonchev–Trinajstić information content (AvgIpc) is 3.04. The van der Waals surface area contributed by atoms with Crippen LogP contribution in [0.15, 0.2) is 66.0 Å². The molecule has 4 aromatic rings. The first kappa shape index (κ1) is 17.7. The number of rotatable bonds is 5. The Morgan fingerprint density at radius 1 is 1.00 bits per heavy atom. The third-order valence-electron chi connectivity index (χ3n) is 4.64. The molecule has 0 amide bonds. The Balaban J connectivity index is 1.69. The topological polar surface area (TPSA) is 54.4 Å². The van der Waals surface area contributed by atoms with Crippen LogP contribution in [-0.2, 0) is 16.0 Å². The van der Waals surface area contributed by atoms with E-state index in [1.807, 2.05) is 48.5 Å². The number of benzene rings is 3. The second-order valence-electron chi connectivity index (χ2n) is 6.43. The van der Waals surface area contributed by atoms with Crippen molar-refractivity contribution < 1.29 is 14.7 Å². The summed E-state index contributed by atoms with van der Waals surface area (Å²) in [6.07, 6.45) is 0.0692. The van der Waals surface area contributed by atoms with E-state index >= 15 is 0 Å². The van der Waals surface area contributed by atoms with Crippen molar-refractivity contribution in [2.45, 2.75) is 12.3 Å². The number of carboxylic acid groups (broad SMARTS) is 1. The van der Waals surface area contributed by atoms with Gasteiger partial charge in [0.15, 0.2) is 5.78 Å². The number of thiophene rings is 1. The van der Waals surface area contributed by atoms with Gasteiger partial charge in [-0.3, -0.25) is 9.59 Å². The molecule has 4 rings (SSSR count). The molecule has 0 aliphatic rings. The summed E-state index contributed by atoms with van der Waals surface area (Å²) in [6, 6.07) is 19.0. The van der Waals surface area contributed by atoms with E-state index in [2.05, 4.69) is 0 Å². The van der Waals surface area contributed by atoms with Gasteiger partial charge in [0.1, 0.15) is 5.92 Å². The summed E-state index contributed by atoms with van der Waals surface area (Å²) in [6.45, 7) is 0. The summed E-state index contributed by atoms with van der Waals surface area (Å²) < 4.78 is 0.916. The minimum atomic E-state index is -1.20. The predicted molar refractivity (Wildman–Crippen MR) is 110 cm³/mol. The quantitative estimate of drug-likeness (QED) is 0.442. The molecule has 0 aliphatic heterocycles. The fourth-order valence-corrected chi connectivity index (χ4v) is 4.48. The summed E-state index contributed by atoms with van der Waals surface area (Å²) in [5.41, 5.74) is 1.32. The Labute approximate surface area is 164 Å². The highest BCUT2D eigenvalue weighted by Gasteiger charge is 2.30. The average molecular weight is 395 g/mol. The molecule has 1 unspecified atom stereocenters. The number of Topliss-reactive ketones (excluding diaryl/α,β-unsaturated/α-hetero) is 1. The van der Waals surface area contributed by atoms with E-state index in [0.29, 0.717) is 10.6 Å². The maximum atomic E-state index is 12.9. The summed E-state index contributed by atoms with van der Waals surface area (Å²) in [7, 11) is 0. The van der Waals surface area contributed by atoms with Crippen molar-refractivity contribution in [3.63, 3.8) is 0 Å². The molecule has 0 aliphatic carbocycles. The van der Waals surface area contributed by atoms with Gasteiger partial charge in [0.05, 0.1) is 0 Å². The van der Waals surface area contributed by atoms with Gasteiger partial charge in [-0.15, -0.1) is 11.3 Å². The molecule has 1 heterocycles. The van der Waals surface area contributed by atoms with Crippen molar-refractivity contribution in [2.75, 3.05) is 0 Å². The third-order valence-corrected chi connectivity index (χ3v) is 5.85. The lowest BCUT2D eigenvalue weighted by molar-refractivity contribution is -0.142. The maximum absolute atomic E-state index is 12.9. The number of carbonyl (C=O) groups excluding carboxylic acids is 1. The van der Waals surface area contributed by atoms with Crippen LogP contribution >= 0.6 is 22.9 Å². The minimum absolute atomic E-state index is 0.0692. The van der Waals surface area contributed by atoms with Crippen molar-refractivity contribution in [2.24, 2.45) is 0 Å². The fourth-order valence-electron chi connectivity index (χ4n) is 3.34. The summed E-state index contributed by atoms with van der Waals surface area (Å²) in [4.78, 5) is 24.8. The van der Waals surface area contributed by atoms with Gasteiger partial charge >= 0.3 is 5.97 Å². The molecule has 3 nitrogen and oxygen atoms in total. The van der Waals surface area contributed by atoms with Crippen molar-refractivity contribution in [3.8, 4) is 0 Å². The van der Waals surface area contributed by atoms with Crippen LogP contribution in [0.4, 0.5) is 0 Å². The highest BCUT2D eigenvalue weighted by molar-refractivity contribution is 7.17. The van der Waals surface area contributed by atoms with Crippen LogP contribution in [0.1, 0.15) is 17.0 Å². The second-order valence-corrected chi connectivity index (χ2v) is 7.78. The van der Waals surface area contributed by atoms with Gasteiger partial charge in [-0.25, -0.2) is 0 Å². The van der Waals surface area contributed by atoms with E-state index in [1.54, 1.807) is 17.5 Å². The number of halogens is 1. The normalized spacial score (nSPS) is 12.3. The van der Waals surface area contributed by atoms with Crippen LogP contribution in [0, 0.1) is 0 Å². The van der Waals surface area contributed by atoms with Gasteiger partial charge in [0, 0.05) is 16.1 Å². The molecule has 0 saturated heterocycles. The van der Waals surface area contributed by atoms with Gasteiger partial charge in [0.25, 0.3) is 0 Å². The lowest BCUT2D eigenvalue weighted by Gasteiger charge is -2.12. The van der Waals surface area contributed by atoms with E-state index < -0.39 is 11.9 Å². The van der Waals surface area contributed by atoms with Crippen molar-refractivity contribution >= 4 is 55.5 Å². The first-order chi connectivity index (χ1) is 13.0. The number of aliphatic carboxylic acids is 1. The lowest BCUT2D eigenvalue weighted by atomic mass is 9.90. The highest BCUT2D eigenvalue weighted by Crippen LogP contribution is 2.34. The summed E-state index contributed by atoms with van der Waals surface area (Å²) in [5, 5.41) is 14.9. The first-order valence-corrected chi connectivity index (χ1v) is 9.68. The van der Waals surface area contributed by atoms with Gasteiger partial charge in [0.2, 0.25) is 0 Å². The minimum Gasteiger partial charge on any atom is -0.480 e. The number of ketones is 1. The molecular weight excluding hydrogens is 380 g/mol. The predicted octanol–water partition coefficient (Wildman–Crippen LogP) is 5.69. The molecule has 0 radical (unpaired) electrons. The van der Waals surface area contributed by atoms with Crippen LogP contribution < -0.4 is 0 Å². The van der Waals surface area contributed by atoms with E-state index in [-0.39, 0.29) is 12.2 Å². The highest BCUT2D eigenvalue weighted by atomic mass is 35.5. The molecule has 1 aromatic heterocycles. The van der Waals surface area contributed by atoms with Gasteiger partial charge in [-0.2, -0.15) is 0 Å². The Morgan fingerprint density at radius 2 is 1.78 bits per heavy atom. The third kappa shape index (κ3) is 3.46. The molecule has 0 spiro atoms. The molecule has 1 N–H and O–H groups in total. The Kier molecular flexibility index (Phi) is 4.68. The number of carbonyl (C=O) groups is 2. The van der Waals surface area contributed by atoms with Crippen molar-refractivity contribution in [1.82, 2.24) is 0 Å². The second kappa shape index (κ2) is 7.14. The smallest absolute Gasteiger partial charge is 0.318 e. The van der Waals surface area contributed by atoms with E-state index in [9.17, 15) is 14.7 Å². The summed E-state index contributed by atoms with van der Waals surface area (Å²) in [5.74, 6) is -2.68. The molecule has 27 heavy (non-hydrogen) atoms. The number of carboxylic acids is 1. The van der Waals surface area contributed by atoms with Gasteiger partial charge in [-0.1, -0.05) is 54.1 Å². The van der Waals surface area contributed by atoms with Crippen LogP contribution in [0.2, 0.25) is 5.02 Å². The summed E-state index contributed by atoms with van der Waals surface area (Å²) >= 11 is 7.49. The van der Waals surface area contributed by atoms with Crippen molar-refractivity contribution in [1.29, 1.82) is 0 Å². The Morgan fingerprint density at radius 3 is 2.56 bits per heavy atom. The van der Waals surface area contributed by atoms with Crippen LogP contribution in [0.5, 0.6) is 0 Å². The molecule has 1 atom stereocenters. The lowest BCUT2D eigenvalue weighted by Crippen LogP contribution is -2.23. The largest absolute Gasteiger partial charge is 0.480 e. The number of hydrogen-bond donors (Lipinski definition) is 1. The maximum Gasteiger partial charge on any atom is 0.318 e. The van der Waals surface area contributed by atoms with Crippen molar-refractivity contribution in [3.05, 3.63) is 82.2 Å².